The number of hydrogen-bond donors (Lipinski definition) is 0. The molecule has 7 aromatic rings. The number of fused-ring (bicyclic) bond motifs is 2. The summed E-state index contributed by atoms with van der Waals surface area (Å²) < 4.78 is 0. The largest absolute Gasteiger partial charge is 1.00 e. The van der Waals surface area contributed by atoms with Gasteiger partial charge in [0.05, 0.1) is 0 Å². The van der Waals surface area contributed by atoms with Gasteiger partial charge in [-0.05, 0) is 29.0 Å². The monoisotopic (exact) mass is 746 g/mol. The minimum atomic E-state index is 0. The van der Waals surface area contributed by atoms with Crippen LogP contribution < -0.4 is 24.8 Å². The normalized spacial score (nSPS) is 10.3. The Bertz CT molecular complexity index is 1980. The van der Waals surface area contributed by atoms with E-state index in [2.05, 4.69) is 179 Å². The van der Waals surface area contributed by atoms with Crippen LogP contribution in [-0.2, 0) is 29.8 Å². The van der Waals surface area contributed by atoms with Gasteiger partial charge in [0.1, 0.15) is 0 Å². The Labute approximate surface area is 309 Å². The summed E-state index contributed by atoms with van der Waals surface area (Å²) in [5, 5.41) is 5.45. The summed E-state index contributed by atoms with van der Waals surface area (Å²) in [6.07, 6.45) is 0.989. The fourth-order valence-corrected chi connectivity index (χ4v) is 5.77. The minimum Gasteiger partial charge on any atom is -1.00 e. The van der Waals surface area contributed by atoms with Crippen molar-refractivity contribution in [3.8, 4) is 22.3 Å². The molecule has 0 radical (unpaired) electrons. The van der Waals surface area contributed by atoms with Crippen molar-refractivity contribution in [1.29, 1.82) is 0 Å². The summed E-state index contributed by atoms with van der Waals surface area (Å²) in [6.45, 7) is 11.3. The molecule has 7 aromatic carbocycles. The third kappa shape index (κ3) is 10.2. The average Bonchev–Trinajstić information content (AvgIpc) is 3.68. The third-order valence-corrected chi connectivity index (χ3v) is 8.02. The second kappa shape index (κ2) is 18.5. The molecule has 0 aromatic heterocycles. The van der Waals surface area contributed by atoms with Gasteiger partial charge in [-0.2, -0.15) is 12.1 Å². The molecule has 0 unspecified atom stereocenters. The quantitative estimate of drug-likeness (QED) is 0.144. The van der Waals surface area contributed by atoms with Gasteiger partial charge in [0.25, 0.3) is 0 Å². The second-order valence-electron chi connectivity index (χ2n) is 12.3. The molecular formula is C43H42Cl2SiZr-2. The first kappa shape index (κ1) is 38.4. The first-order valence-electron chi connectivity index (χ1n) is 15.8. The van der Waals surface area contributed by atoms with Crippen LogP contribution in [-0.4, -0.2) is 5.43 Å². The first-order valence-corrected chi connectivity index (χ1v) is 22.0. The molecule has 0 spiro atoms. The van der Waals surface area contributed by atoms with E-state index in [1.165, 1.54) is 66.1 Å². The topological polar surface area (TPSA) is 0 Å². The summed E-state index contributed by atoms with van der Waals surface area (Å²) >= 11 is 1.74. The molecule has 0 fully saturated rings. The molecule has 0 aliphatic carbocycles. The van der Waals surface area contributed by atoms with Crippen LogP contribution in [0.4, 0.5) is 0 Å². The van der Waals surface area contributed by atoms with E-state index in [1.807, 2.05) is 0 Å². The Kier molecular flexibility index (Phi) is 15.1. The summed E-state index contributed by atoms with van der Waals surface area (Å²) in [4.78, 5) is 0. The summed E-state index contributed by atoms with van der Waals surface area (Å²) in [5.74, 6) is 0.584. The van der Waals surface area contributed by atoms with Crippen molar-refractivity contribution in [3.05, 3.63) is 168 Å². The van der Waals surface area contributed by atoms with E-state index in [-0.39, 0.29) is 30.2 Å². The van der Waals surface area contributed by atoms with Crippen LogP contribution in [0.15, 0.2) is 146 Å². The Morgan fingerprint density at radius 3 is 1.70 bits per heavy atom. The first-order chi connectivity index (χ1) is 21.8. The fraction of sp³-hybridized carbons (Fsp3) is 0.163. The Morgan fingerprint density at radius 1 is 0.617 bits per heavy atom. The van der Waals surface area contributed by atoms with Gasteiger partial charge in [0.15, 0.2) is 0 Å². The molecule has 47 heavy (non-hydrogen) atoms. The van der Waals surface area contributed by atoms with Crippen LogP contribution in [0.1, 0.15) is 42.0 Å². The number of halogens is 2. The van der Waals surface area contributed by atoms with E-state index in [4.69, 9.17) is 0 Å². The van der Waals surface area contributed by atoms with Gasteiger partial charge >= 0.3 is 41.9 Å². The van der Waals surface area contributed by atoms with Gasteiger partial charge in [0.2, 0.25) is 0 Å². The van der Waals surface area contributed by atoms with Crippen molar-refractivity contribution >= 4 is 27.0 Å². The number of hydrogen-bond acceptors (Lipinski definition) is 0. The molecule has 4 heteroatoms. The standard InChI is InChI=1S/C23H19.C18H17.C2H6Si.2ClH.Zr/c1-17-12-13-21(20-10-6-3-7-11-20)23-16-19(15-22(17)23)14-18-8-4-2-5-9-18;1-13(2)16-11-15-9-6-10-17(18(15)12-16)14-7-4-3-5-8-14;1-3-2;;;/h2-13,15-16H,14H2,1H3;3-13H,1-2H3;1-2H3;2*1H;/q2*-1;;;;+2/p-2. The van der Waals surface area contributed by atoms with Crippen molar-refractivity contribution < 1.29 is 48.1 Å². The Morgan fingerprint density at radius 2 is 1.15 bits per heavy atom. The molecule has 0 nitrogen and oxygen atoms in total. The van der Waals surface area contributed by atoms with Crippen LogP contribution in [0.5, 0.6) is 0 Å². The van der Waals surface area contributed by atoms with Crippen molar-refractivity contribution in [2.45, 2.75) is 46.2 Å². The molecule has 0 heterocycles. The molecule has 0 aliphatic heterocycles. The second-order valence-corrected chi connectivity index (χ2v) is 21.6. The van der Waals surface area contributed by atoms with Crippen molar-refractivity contribution in [1.82, 2.24) is 0 Å². The summed E-state index contributed by atoms with van der Waals surface area (Å²) in [5.41, 5.74) is 11.0. The number of benzene rings is 5. The zero-order valence-electron chi connectivity index (χ0n) is 27.9. The van der Waals surface area contributed by atoms with Crippen LogP contribution >= 0.6 is 0 Å². The maximum absolute atomic E-state index is 2.36. The molecule has 0 bridgehead atoms. The molecule has 0 amide bonds. The van der Waals surface area contributed by atoms with E-state index >= 15 is 0 Å². The van der Waals surface area contributed by atoms with E-state index in [9.17, 15) is 0 Å². The van der Waals surface area contributed by atoms with E-state index < -0.39 is 0 Å². The van der Waals surface area contributed by atoms with Gasteiger partial charge in [-0.3, -0.25) is 0 Å². The molecule has 238 valence electrons. The molecular weight excluding hydrogens is 707 g/mol. The van der Waals surface area contributed by atoms with Crippen LogP contribution in [0.3, 0.4) is 0 Å². The van der Waals surface area contributed by atoms with Gasteiger partial charge in [0, 0.05) is 0 Å². The van der Waals surface area contributed by atoms with Crippen LogP contribution in [0.25, 0.3) is 43.8 Å². The van der Waals surface area contributed by atoms with Crippen LogP contribution in [0, 0.1) is 6.92 Å². The summed E-state index contributed by atoms with van der Waals surface area (Å²) in [7, 11) is 0. The van der Waals surface area contributed by atoms with Crippen molar-refractivity contribution in [2.24, 2.45) is 0 Å². The van der Waals surface area contributed by atoms with E-state index in [1.54, 1.807) is 23.3 Å². The Balaban J connectivity index is 0.000000226. The smallest absolute Gasteiger partial charge is 0.0204 e. The predicted molar refractivity (Wildman–Crippen MR) is 196 cm³/mol. The van der Waals surface area contributed by atoms with Gasteiger partial charge in [-0.1, -0.05) is 135 Å². The van der Waals surface area contributed by atoms with E-state index in [0.717, 1.165) is 6.42 Å². The van der Waals surface area contributed by atoms with Gasteiger partial charge in [-0.15, -0.1) is 68.6 Å². The SMILES string of the molecule is CC(C)c1cc2c(-c3ccccc3)cccc2[cH-]1.C[Si](C)=[Zr+2].Cc1ccc(-c2ccccc2)c2cc(Cc3ccccc3)[cH-]c12.[Cl-].[Cl-]. The van der Waals surface area contributed by atoms with Crippen molar-refractivity contribution in [3.63, 3.8) is 0 Å². The van der Waals surface area contributed by atoms with Crippen molar-refractivity contribution in [2.75, 3.05) is 0 Å². The number of rotatable bonds is 5. The minimum absolute atomic E-state index is 0. The third-order valence-electron chi connectivity index (χ3n) is 8.02. The molecule has 0 atom stereocenters. The predicted octanol–water partition coefficient (Wildman–Crippen LogP) is 6.27. The van der Waals surface area contributed by atoms with Gasteiger partial charge in [-0.25, -0.2) is 0 Å². The Hall–Kier alpha value is -3.00. The van der Waals surface area contributed by atoms with Crippen LogP contribution in [0.2, 0.25) is 13.1 Å². The average molecular weight is 749 g/mol. The molecule has 7 rings (SSSR count). The molecule has 0 saturated carbocycles. The molecule has 0 N–H and O–H groups in total. The zero-order chi connectivity index (χ0) is 31.8. The maximum Gasteiger partial charge on any atom is -0.0204 e. The molecule has 0 saturated heterocycles. The van der Waals surface area contributed by atoms with E-state index in [0.29, 0.717) is 5.92 Å². The van der Waals surface area contributed by atoms with Gasteiger partial charge < -0.3 is 24.8 Å². The maximum atomic E-state index is 2.36. The number of aryl methyl sites for hydroxylation is 1. The summed E-state index contributed by atoms with van der Waals surface area (Å²) in [6, 6.07) is 52.4. The fourth-order valence-electron chi connectivity index (χ4n) is 5.77. The molecule has 0 aliphatic rings. The zero-order valence-corrected chi connectivity index (χ0v) is 32.9.